The van der Waals surface area contributed by atoms with Crippen molar-refractivity contribution >= 4 is 27.1 Å². The molecular weight excluding hydrogens is 260 g/mol. The van der Waals surface area contributed by atoms with Crippen LogP contribution in [0.3, 0.4) is 0 Å². The van der Waals surface area contributed by atoms with E-state index in [2.05, 4.69) is 4.98 Å². The van der Waals surface area contributed by atoms with Gasteiger partial charge in [-0.3, -0.25) is 0 Å². The van der Waals surface area contributed by atoms with Gasteiger partial charge in [-0.15, -0.1) is 0 Å². The molecule has 0 unspecified atom stereocenters. The van der Waals surface area contributed by atoms with Crippen molar-refractivity contribution in [3.05, 3.63) is 47.6 Å². The number of nitrogen functional groups attached to an aromatic ring is 1. The fourth-order valence-corrected chi connectivity index (χ4v) is 2.66. The van der Waals surface area contributed by atoms with E-state index in [9.17, 15) is 8.42 Å². The number of sulfone groups is 1. The molecule has 0 radical (unpaired) electrons. The van der Waals surface area contributed by atoms with Gasteiger partial charge in [0.05, 0.1) is 4.90 Å². The molecule has 17 heavy (non-hydrogen) atoms. The molecule has 6 heteroatoms. The highest BCUT2D eigenvalue weighted by Gasteiger charge is 2.18. The van der Waals surface area contributed by atoms with E-state index in [1.165, 1.54) is 42.6 Å². The first kappa shape index (κ1) is 11.9. The van der Waals surface area contributed by atoms with Crippen LogP contribution < -0.4 is 5.73 Å². The monoisotopic (exact) mass is 268 g/mol. The number of halogens is 1. The quantitative estimate of drug-likeness (QED) is 0.906. The minimum Gasteiger partial charge on any atom is -0.399 e. The highest BCUT2D eigenvalue weighted by Crippen LogP contribution is 2.21. The zero-order valence-electron chi connectivity index (χ0n) is 8.67. The van der Waals surface area contributed by atoms with Crippen LogP contribution in [-0.4, -0.2) is 13.4 Å². The summed E-state index contributed by atoms with van der Waals surface area (Å²) in [4.78, 5) is 3.95. The molecule has 2 N–H and O–H groups in total. The average molecular weight is 269 g/mol. The van der Waals surface area contributed by atoms with Gasteiger partial charge >= 0.3 is 0 Å². The highest BCUT2D eigenvalue weighted by atomic mass is 35.5. The minimum atomic E-state index is -3.63. The fraction of sp³-hybridized carbons (Fsp3) is 0. The average Bonchev–Trinajstić information content (AvgIpc) is 2.29. The van der Waals surface area contributed by atoms with Crippen molar-refractivity contribution < 1.29 is 8.42 Å². The maximum absolute atomic E-state index is 12.1. The molecule has 4 nitrogen and oxygen atoms in total. The minimum absolute atomic E-state index is 0.0696. The Balaban J connectivity index is 2.54. The molecule has 0 spiro atoms. The second-order valence-corrected chi connectivity index (χ2v) is 5.72. The number of hydrogen-bond acceptors (Lipinski definition) is 4. The second kappa shape index (κ2) is 4.35. The molecule has 1 aromatic carbocycles. The molecule has 0 aliphatic rings. The molecule has 88 valence electrons. The van der Waals surface area contributed by atoms with Crippen molar-refractivity contribution in [2.24, 2.45) is 0 Å². The van der Waals surface area contributed by atoms with Crippen molar-refractivity contribution in [1.82, 2.24) is 4.98 Å². The lowest BCUT2D eigenvalue weighted by Gasteiger charge is -2.04. The number of benzene rings is 1. The summed E-state index contributed by atoms with van der Waals surface area (Å²) in [6.07, 6.45) is 1.36. The first-order valence-corrected chi connectivity index (χ1v) is 6.58. The Morgan fingerprint density at radius 1 is 1.12 bits per heavy atom. The lowest BCUT2D eigenvalue weighted by Crippen LogP contribution is -2.04. The molecule has 0 amide bonds. The van der Waals surface area contributed by atoms with Crippen molar-refractivity contribution in [2.45, 2.75) is 9.92 Å². The smallest absolute Gasteiger partial charge is 0.223 e. The Morgan fingerprint density at radius 3 is 2.35 bits per heavy atom. The molecule has 0 saturated heterocycles. The number of pyridine rings is 1. The third kappa shape index (κ3) is 2.40. The topological polar surface area (TPSA) is 73.0 Å². The van der Waals surface area contributed by atoms with E-state index < -0.39 is 9.84 Å². The molecule has 2 aromatic rings. The number of nitrogens with two attached hydrogens (primary N) is 1. The van der Waals surface area contributed by atoms with E-state index in [0.29, 0.717) is 10.7 Å². The Labute approximate surface area is 104 Å². The van der Waals surface area contributed by atoms with Gasteiger partial charge in [-0.05, 0) is 36.4 Å². The van der Waals surface area contributed by atoms with E-state index in [-0.39, 0.29) is 9.92 Å². The largest absolute Gasteiger partial charge is 0.399 e. The summed E-state index contributed by atoms with van der Waals surface area (Å²) in [6, 6.07) is 8.75. The van der Waals surface area contributed by atoms with Crippen LogP contribution in [0.25, 0.3) is 0 Å². The van der Waals surface area contributed by atoms with Crippen LogP contribution in [0.1, 0.15) is 0 Å². The molecule has 0 atom stereocenters. The van der Waals surface area contributed by atoms with Gasteiger partial charge in [0.15, 0.2) is 5.03 Å². The van der Waals surface area contributed by atoms with Crippen molar-refractivity contribution in [3.8, 4) is 0 Å². The molecule has 1 heterocycles. The van der Waals surface area contributed by atoms with E-state index >= 15 is 0 Å². The summed E-state index contributed by atoms with van der Waals surface area (Å²) in [5.74, 6) is 0. The van der Waals surface area contributed by atoms with Gasteiger partial charge in [-0.25, -0.2) is 13.4 Å². The summed E-state index contributed by atoms with van der Waals surface area (Å²) >= 11 is 5.70. The number of nitrogens with zero attached hydrogens (tertiary/aromatic N) is 1. The number of anilines is 1. The van der Waals surface area contributed by atoms with Gasteiger partial charge in [0.1, 0.15) is 0 Å². The molecule has 0 aliphatic carbocycles. The van der Waals surface area contributed by atoms with Crippen LogP contribution in [-0.2, 0) is 9.84 Å². The maximum Gasteiger partial charge on any atom is 0.223 e. The van der Waals surface area contributed by atoms with Gasteiger partial charge in [-0.2, -0.15) is 0 Å². The Hall–Kier alpha value is -1.59. The van der Waals surface area contributed by atoms with Gasteiger partial charge in [-0.1, -0.05) is 11.6 Å². The lowest BCUT2D eigenvalue weighted by molar-refractivity contribution is 0.592. The van der Waals surface area contributed by atoms with Gasteiger partial charge < -0.3 is 5.73 Å². The van der Waals surface area contributed by atoms with Gasteiger partial charge in [0.25, 0.3) is 0 Å². The molecule has 2 rings (SSSR count). The number of rotatable bonds is 2. The maximum atomic E-state index is 12.1. The normalized spacial score (nSPS) is 11.4. The molecule has 0 saturated carbocycles. The van der Waals surface area contributed by atoms with Crippen LogP contribution in [0.2, 0.25) is 5.02 Å². The third-order valence-electron chi connectivity index (χ3n) is 2.16. The molecule has 0 fully saturated rings. The van der Waals surface area contributed by atoms with Crippen LogP contribution in [0.5, 0.6) is 0 Å². The van der Waals surface area contributed by atoms with Crippen molar-refractivity contribution in [3.63, 3.8) is 0 Å². The Bertz CT molecular complexity index is 639. The highest BCUT2D eigenvalue weighted by molar-refractivity contribution is 7.91. The van der Waals surface area contributed by atoms with Gasteiger partial charge in [0.2, 0.25) is 9.84 Å². The lowest BCUT2D eigenvalue weighted by atomic mass is 10.4. The zero-order chi connectivity index (χ0) is 12.5. The van der Waals surface area contributed by atoms with Crippen LogP contribution in [0.4, 0.5) is 5.69 Å². The molecule has 0 bridgehead atoms. The Kier molecular flexibility index (Phi) is 3.04. The molecule has 0 aliphatic heterocycles. The fourth-order valence-electron chi connectivity index (χ4n) is 1.31. The summed E-state index contributed by atoms with van der Waals surface area (Å²) in [7, 11) is -3.63. The predicted octanol–water partition coefficient (Wildman–Crippen LogP) is 2.15. The van der Waals surface area contributed by atoms with Crippen LogP contribution in [0, 0.1) is 0 Å². The van der Waals surface area contributed by atoms with E-state index in [0.717, 1.165) is 0 Å². The van der Waals surface area contributed by atoms with Crippen LogP contribution >= 0.6 is 11.6 Å². The number of aromatic nitrogens is 1. The van der Waals surface area contributed by atoms with E-state index in [4.69, 9.17) is 17.3 Å². The predicted molar refractivity (Wildman–Crippen MR) is 65.6 cm³/mol. The van der Waals surface area contributed by atoms with Crippen molar-refractivity contribution in [1.29, 1.82) is 0 Å². The first-order chi connectivity index (χ1) is 8.00. The molecular formula is C11H9ClN2O2S. The summed E-state index contributed by atoms with van der Waals surface area (Å²) in [5, 5.41) is 0.407. The summed E-state index contributed by atoms with van der Waals surface area (Å²) in [5.41, 5.74) is 5.89. The third-order valence-corrected chi connectivity index (χ3v) is 4.08. The number of hydrogen-bond donors (Lipinski definition) is 1. The second-order valence-electron chi connectivity index (χ2n) is 3.38. The Morgan fingerprint density at radius 2 is 1.76 bits per heavy atom. The summed E-state index contributed by atoms with van der Waals surface area (Å²) < 4.78 is 24.3. The van der Waals surface area contributed by atoms with Gasteiger partial charge in [0, 0.05) is 16.9 Å². The van der Waals surface area contributed by atoms with Crippen LogP contribution in [0.15, 0.2) is 52.5 Å². The first-order valence-electron chi connectivity index (χ1n) is 4.72. The molecule has 1 aromatic heterocycles. The standard InChI is InChI=1S/C11H9ClN2O2S/c12-8-1-3-10(4-2-8)17(15,16)11-7-9(13)5-6-14-11/h1-7H,(H2,13,14). The summed E-state index contributed by atoms with van der Waals surface area (Å²) in [6.45, 7) is 0. The van der Waals surface area contributed by atoms with E-state index in [1.807, 2.05) is 0 Å². The zero-order valence-corrected chi connectivity index (χ0v) is 10.2. The SMILES string of the molecule is Nc1ccnc(S(=O)(=O)c2ccc(Cl)cc2)c1. The van der Waals surface area contributed by atoms with Crippen molar-refractivity contribution in [2.75, 3.05) is 5.73 Å². The van der Waals surface area contributed by atoms with E-state index in [1.54, 1.807) is 0 Å².